The number of hydrogen-bond acceptors (Lipinski definition) is 2. The van der Waals surface area contributed by atoms with E-state index < -0.39 is 11.7 Å². The average Bonchev–Trinajstić information content (AvgIpc) is 2.77. The van der Waals surface area contributed by atoms with Gasteiger partial charge < -0.3 is 5.73 Å². The lowest BCUT2D eigenvalue weighted by Gasteiger charge is -2.08. The minimum absolute atomic E-state index is 0.226. The van der Waals surface area contributed by atoms with Crippen LogP contribution in [0.2, 0.25) is 0 Å². The summed E-state index contributed by atoms with van der Waals surface area (Å²) in [5, 5.41) is 3.72. The molecule has 0 aliphatic carbocycles. The molecule has 0 aliphatic heterocycles. The van der Waals surface area contributed by atoms with E-state index in [1.807, 2.05) is 0 Å². The van der Waals surface area contributed by atoms with Crippen molar-refractivity contribution in [3.8, 4) is 5.69 Å². The molecule has 3 nitrogen and oxygen atoms in total. The van der Waals surface area contributed by atoms with Crippen LogP contribution in [0.1, 0.15) is 11.1 Å². The molecule has 0 spiro atoms. The highest BCUT2D eigenvalue weighted by atomic mass is 79.9. The fourth-order valence-electron chi connectivity index (χ4n) is 1.52. The fraction of sp³-hybridized carbons (Fsp3) is 0.182. The molecule has 0 saturated carbocycles. The molecule has 0 radical (unpaired) electrons. The molecule has 0 aliphatic rings. The van der Waals surface area contributed by atoms with Gasteiger partial charge in [0.05, 0.1) is 17.4 Å². The Morgan fingerprint density at radius 3 is 2.61 bits per heavy atom. The van der Waals surface area contributed by atoms with E-state index in [9.17, 15) is 13.2 Å². The summed E-state index contributed by atoms with van der Waals surface area (Å²) in [6.07, 6.45) is -2.66. The van der Waals surface area contributed by atoms with Crippen molar-refractivity contribution in [3.63, 3.8) is 0 Å². The van der Waals surface area contributed by atoms with Gasteiger partial charge in [0.1, 0.15) is 0 Å². The number of rotatable bonds is 2. The van der Waals surface area contributed by atoms with Crippen LogP contribution in [0.25, 0.3) is 5.69 Å². The van der Waals surface area contributed by atoms with Crippen LogP contribution in [0, 0.1) is 0 Å². The Morgan fingerprint density at radius 2 is 2.06 bits per heavy atom. The standard InChI is InChI=1S/C11H9BrF3N3/c12-9-2-1-7(4-16)10(3-9)18-6-8(5-17-18)11(13,14)15/h1-3,5-6H,4,16H2. The van der Waals surface area contributed by atoms with E-state index in [4.69, 9.17) is 5.73 Å². The van der Waals surface area contributed by atoms with Crippen LogP contribution >= 0.6 is 15.9 Å². The van der Waals surface area contributed by atoms with Crippen LogP contribution in [0.5, 0.6) is 0 Å². The van der Waals surface area contributed by atoms with E-state index in [0.29, 0.717) is 5.69 Å². The summed E-state index contributed by atoms with van der Waals surface area (Å²) in [5.41, 5.74) is 6.01. The smallest absolute Gasteiger partial charge is 0.326 e. The molecule has 0 atom stereocenters. The first-order chi connectivity index (χ1) is 8.41. The van der Waals surface area contributed by atoms with Gasteiger partial charge in [0.2, 0.25) is 0 Å². The van der Waals surface area contributed by atoms with Crippen molar-refractivity contribution in [1.29, 1.82) is 0 Å². The molecule has 96 valence electrons. The van der Waals surface area contributed by atoms with Crippen molar-refractivity contribution in [2.24, 2.45) is 5.73 Å². The van der Waals surface area contributed by atoms with Crippen molar-refractivity contribution in [2.75, 3.05) is 0 Å². The van der Waals surface area contributed by atoms with Gasteiger partial charge in [-0.2, -0.15) is 18.3 Å². The maximum absolute atomic E-state index is 12.5. The Hall–Kier alpha value is -1.34. The molecule has 7 heteroatoms. The number of alkyl halides is 3. The van der Waals surface area contributed by atoms with E-state index in [1.54, 1.807) is 18.2 Å². The summed E-state index contributed by atoms with van der Waals surface area (Å²) < 4.78 is 39.4. The van der Waals surface area contributed by atoms with Gasteiger partial charge >= 0.3 is 6.18 Å². The zero-order valence-electron chi connectivity index (χ0n) is 9.08. The third kappa shape index (κ3) is 2.56. The summed E-state index contributed by atoms with van der Waals surface area (Å²) in [5.74, 6) is 0. The molecule has 1 heterocycles. The highest BCUT2D eigenvalue weighted by Gasteiger charge is 2.32. The molecule has 0 amide bonds. The Morgan fingerprint density at radius 1 is 1.33 bits per heavy atom. The summed E-state index contributed by atoms with van der Waals surface area (Å²) >= 11 is 3.26. The highest BCUT2D eigenvalue weighted by molar-refractivity contribution is 9.10. The fourth-order valence-corrected chi connectivity index (χ4v) is 1.87. The lowest BCUT2D eigenvalue weighted by molar-refractivity contribution is -0.137. The molecule has 1 aromatic heterocycles. The summed E-state index contributed by atoms with van der Waals surface area (Å²) in [6.45, 7) is 0.226. The molecule has 2 aromatic rings. The Bertz CT molecular complexity index is 563. The van der Waals surface area contributed by atoms with E-state index in [1.165, 1.54) is 4.68 Å². The lowest BCUT2D eigenvalue weighted by Crippen LogP contribution is -2.06. The predicted octanol–water partition coefficient (Wildman–Crippen LogP) is 3.11. The minimum Gasteiger partial charge on any atom is -0.326 e. The molecular weight excluding hydrogens is 311 g/mol. The molecule has 0 bridgehead atoms. The lowest BCUT2D eigenvalue weighted by atomic mass is 10.2. The maximum Gasteiger partial charge on any atom is 0.419 e. The zero-order valence-corrected chi connectivity index (χ0v) is 10.7. The van der Waals surface area contributed by atoms with Crippen LogP contribution in [-0.4, -0.2) is 9.78 Å². The Labute approximate surface area is 110 Å². The summed E-state index contributed by atoms with van der Waals surface area (Å²) in [6, 6.07) is 5.20. The maximum atomic E-state index is 12.5. The second-order valence-corrected chi connectivity index (χ2v) is 4.56. The zero-order chi connectivity index (χ0) is 13.3. The van der Waals surface area contributed by atoms with Crippen LogP contribution < -0.4 is 5.73 Å². The minimum atomic E-state index is -4.40. The topological polar surface area (TPSA) is 43.8 Å². The van der Waals surface area contributed by atoms with Crippen molar-refractivity contribution in [1.82, 2.24) is 9.78 Å². The van der Waals surface area contributed by atoms with Gasteiger partial charge in [-0.25, -0.2) is 4.68 Å². The first-order valence-electron chi connectivity index (χ1n) is 5.02. The van der Waals surface area contributed by atoms with Crippen molar-refractivity contribution >= 4 is 15.9 Å². The molecular formula is C11H9BrF3N3. The van der Waals surface area contributed by atoms with E-state index in [2.05, 4.69) is 21.0 Å². The first kappa shape index (κ1) is 13.1. The van der Waals surface area contributed by atoms with E-state index >= 15 is 0 Å². The first-order valence-corrected chi connectivity index (χ1v) is 5.82. The third-order valence-corrected chi connectivity index (χ3v) is 2.92. The second kappa shape index (κ2) is 4.74. The van der Waals surface area contributed by atoms with Gasteiger partial charge in [0, 0.05) is 17.2 Å². The molecule has 0 saturated heterocycles. The van der Waals surface area contributed by atoms with Gasteiger partial charge in [0.25, 0.3) is 0 Å². The van der Waals surface area contributed by atoms with E-state index in [0.717, 1.165) is 22.4 Å². The number of hydrogen-bond donors (Lipinski definition) is 1. The average molecular weight is 320 g/mol. The van der Waals surface area contributed by atoms with Crippen molar-refractivity contribution in [2.45, 2.75) is 12.7 Å². The molecule has 0 fully saturated rings. The molecule has 0 unspecified atom stereocenters. The predicted molar refractivity (Wildman–Crippen MR) is 64.2 cm³/mol. The van der Waals surface area contributed by atoms with E-state index in [-0.39, 0.29) is 6.54 Å². The SMILES string of the molecule is NCc1ccc(Br)cc1-n1cc(C(F)(F)F)cn1. The highest BCUT2D eigenvalue weighted by Crippen LogP contribution is 2.30. The van der Waals surface area contributed by atoms with Crippen molar-refractivity contribution in [3.05, 3.63) is 46.2 Å². The molecule has 1 aromatic carbocycles. The molecule has 2 rings (SSSR count). The molecule has 18 heavy (non-hydrogen) atoms. The Balaban J connectivity index is 2.49. The van der Waals surface area contributed by atoms with Crippen molar-refractivity contribution < 1.29 is 13.2 Å². The quantitative estimate of drug-likeness (QED) is 0.924. The number of halogens is 4. The Kier molecular flexibility index (Phi) is 3.45. The van der Waals surface area contributed by atoms with Crippen LogP contribution in [-0.2, 0) is 12.7 Å². The summed E-state index contributed by atoms with van der Waals surface area (Å²) in [7, 11) is 0. The number of benzene rings is 1. The monoisotopic (exact) mass is 319 g/mol. The third-order valence-electron chi connectivity index (χ3n) is 2.42. The van der Waals surface area contributed by atoms with Gasteiger partial charge in [-0.05, 0) is 17.7 Å². The number of aromatic nitrogens is 2. The second-order valence-electron chi connectivity index (χ2n) is 3.65. The molecule has 2 N–H and O–H groups in total. The summed E-state index contributed by atoms with van der Waals surface area (Å²) in [4.78, 5) is 0. The number of nitrogens with two attached hydrogens (primary N) is 1. The normalized spacial score (nSPS) is 11.8. The van der Waals surface area contributed by atoms with Crippen LogP contribution in [0.15, 0.2) is 35.1 Å². The van der Waals surface area contributed by atoms with Gasteiger partial charge in [0.15, 0.2) is 0 Å². The largest absolute Gasteiger partial charge is 0.419 e. The van der Waals surface area contributed by atoms with Gasteiger partial charge in [-0.15, -0.1) is 0 Å². The van der Waals surface area contributed by atoms with Gasteiger partial charge in [-0.1, -0.05) is 22.0 Å². The van der Waals surface area contributed by atoms with Gasteiger partial charge in [-0.3, -0.25) is 0 Å². The number of nitrogens with zero attached hydrogens (tertiary/aromatic N) is 2. The van der Waals surface area contributed by atoms with Crippen LogP contribution in [0.4, 0.5) is 13.2 Å². The van der Waals surface area contributed by atoms with Crippen LogP contribution in [0.3, 0.4) is 0 Å².